The lowest BCUT2D eigenvalue weighted by Gasteiger charge is -2.09. The molecular weight excluding hydrogens is 506 g/mol. The van der Waals surface area contributed by atoms with Gasteiger partial charge in [-0.1, -0.05) is 6.07 Å². The Labute approximate surface area is 230 Å². The predicted octanol–water partition coefficient (Wildman–Crippen LogP) is 4.25. The van der Waals surface area contributed by atoms with E-state index in [0.717, 1.165) is 22.5 Å². The Morgan fingerprint density at radius 2 is 1.77 bits per heavy atom. The number of carbonyl (C=O) groups is 1. The van der Waals surface area contributed by atoms with Gasteiger partial charge in [0.1, 0.15) is 17.6 Å². The van der Waals surface area contributed by atoms with E-state index in [2.05, 4.69) is 46.6 Å². The number of rotatable bonds is 8. The minimum absolute atomic E-state index is 0.267. The number of hydrogen-bond acceptors (Lipinski definition) is 10. The van der Waals surface area contributed by atoms with Gasteiger partial charge in [-0.05, 0) is 42.8 Å². The maximum absolute atomic E-state index is 12.7. The third-order valence-corrected chi connectivity index (χ3v) is 5.77. The van der Waals surface area contributed by atoms with E-state index in [4.69, 9.17) is 10.00 Å². The third kappa shape index (κ3) is 6.20. The van der Waals surface area contributed by atoms with Crippen molar-refractivity contribution in [1.29, 1.82) is 5.26 Å². The summed E-state index contributed by atoms with van der Waals surface area (Å²) in [7, 11) is 1.57. The summed E-state index contributed by atoms with van der Waals surface area (Å²) >= 11 is 0. The first-order chi connectivity index (χ1) is 19.5. The van der Waals surface area contributed by atoms with Crippen LogP contribution in [0.3, 0.4) is 0 Å². The Morgan fingerprint density at radius 1 is 0.925 bits per heavy atom. The van der Waals surface area contributed by atoms with Crippen LogP contribution in [0.4, 0.5) is 11.5 Å². The van der Waals surface area contributed by atoms with Gasteiger partial charge < -0.3 is 15.4 Å². The van der Waals surface area contributed by atoms with E-state index in [0.29, 0.717) is 40.9 Å². The first-order valence-corrected chi connectivity index (χ1v) is 12.2. The number of pyridine rings is 4. The maximum Gasteiger partial charge on any atom is 0.270 e. The summed E-state index contributed by atoms with van der Waals surface area (Å²) in [6.07, 6.45) is 8.06. The standard InChI is InChI=1S/C29H23N9O2/c1-18-9-26(37-23-10-20(11-30)12-31-17-23)38-28(36-18)22-4-7-25(33-16-22)29(39)35-14-19-3-6-24(32-13-19)21-5-8-27(40-2)34-15-21/h3-10,12-13,15-17H,14H2,1-2H3,(H,35,39)(H,36,37,38). The quantitative estimate of drug-likeness (QED) is 0.298. The van der Waals surface area contributed by atoms with Gasteiger partial charge in [-0.3, -0.25) is 19.7 Å². The van der Waals surface area contributed by atoms with Crippen LogP contribution in [0.2, 0.25) is 0 Å². The minimum atomic E-state index is -0.313. The van der Waals surface area contributed by atoms with Gasteiger partial charge in [0.2, 0.25) is 5.88 Å². The second kappa shape index (κ2) is 11.7. The van der Waals surface area contributed by atoms with Crippen LogP contribution >= 0.6 is 0 Å². The summed E-state index contributed by atoms with van der Waals surface area (Å²) in [6, 6.07) is 16.3. The summed E-state index contributed by atoms with van der Waals surface area (Å²) < 4.78 is 5.08. The normalized spacial score (nSPS) is 10.4. The number of carbonyl (C=O) groups excluding carboxylic acids is 1. The lowest BCUT2D eigenvalue weighted by Crippen LogP contribution is -2.23. The summed E-state index contributed by atoms with van der Waals surface area (Å²) in [5.41, 5.74) is 5.21. The fourth-order valence-electron chi connectivity index (χ4n) is 3.76. The first-order valence-electron chi connectivity index (χ1n) is 12.2. The number of hydrogen-bond donors (Lipinski definition) is 2. The molecule has 0 unspecified atom stereocenters. The van der Waals surface area contributed by atoms with E-state index in [1.807, 2.05) is 25.1 Å². The molecule has 0 spiro atoms. The number of aryl methyl sites for hydroxylation is 1. The van der Waals surface area contributed by atoms with Crippen LogP contribution in [-0.2, 0) is 6.54 Å². The highest BCUT2D eigenvalue weighted by Gasteiger charge is 2.11. The molecule has 196 valence electrons. The summed E-state index contributed by atoms with van der Waals surface area (Å²) in [4.78, 5) is 38.8. The summed E-state index contributed by atoms with van der Waals surface area (Å²) in [5.74, 6) is 1.22. The molecule has 5 aromatic rings. The molecule has 11 heteroatoms. The highest BCUT2D eigenvalue weighted by molar-refractivity contribution is 5.92. The van der Waals surface area contributed by atoms with Crippen LogP contribution in [0.5, 0.6) is 5.88 Å². The van der Waals surface area contributed by atoms with Crippen molar-refractivity contribution in [2.24, 2.45) is 0 Å². The number of ether oxygens (including phenoxy) is 1. The highest BCUT2D eigenvalue weighted by atomic mass is 16.5. The number of nitriles is 1. The molecule has 5 rings (SSSR count). The zero-order valence-corrected chi connectivity index (χ0v) is 21.7. The Morgan fingerprint density at radius 3 is 2.48 bits per heavy atom. The van der Waals surface area contributed by atoms with Crippen molar-refractivity contribution in [3.8, 4) is 34.6 Å². The minimum Gasteiger partial charge on any atom is -0.481 e. The first kappa shape index (κ1) is 25.9. The van der Waals surface area contributed by atoms with Crippen LogP contribution in [0, 0.1) is 18.3 Å². The van der Waals surface area contributed by atoms with Gasteiger partial charge in [0.25, 0.3) is 5.91 Å². The fourth-order valence-corrected chi connectivity index (χ4v) is 3.76. The molecule has 2 N–H and O–H groups in total. The van der Waals surface area contributed by atoms with E-state index in [-0.39, 0.29) is 11.6 Å². The zero-order valence-electron chi connectivity index (χ0n) is 21.7. The monoisotopic (exact) mass is 529 g/mol. The second-order valence-corrected chi connectivity index (χ2v) is 8.67. The van der Waals surface area contributed by atoms with Crippen molar-refractivity contribution in [3.05, 3.63) is 102 Å². The molecule has 0 fully saturated rings. The van der Waals surface area contributed by atoms with Crippen molar-refractivity contribution in [2.45, 2.75) is 13.5 Å². The molecule has 0 radical (unpaired) electrons. The molecule has 0 aliphatic heterocycles. The van der Waals surface area contributed by atoms with Gasteiger partial charge >= 0.3 is 0 Å². The van der Waals surface area contributed by atoms with Crippen molar-refractivity contribution in [1.82, 2.24) is 35.2 Å². The number of anilines is 2. The number of nitrogens with zero attached hydrogens (tertiary/aromatic N) is 7. The molecule has 0 bridgehead atoms. The lowest BCUT2D eigenvalue weighted by atomic mass is 10.1. The number of nitrogens with one attached hydrogen (secondary N) is 2. The Kier molecular flexibility index (Phi) is 7.60. The van der Waals surface area contributed by atoms with Crippen molar-refractivity contribution in [3.63, 3.8) is 0 Å². The Balaban J connectivity index is 1.22. The number of aromatic nitrogens is 6. The highest BCUT2D eigenvalue weighted by Crippen LogP contribution is 2.21. The average Bonchev–Trinajstić information content (AvgIpc) is 3.00. The largest absolute Gasteiger partial charge is 0.481 e. The van der Waals surface area contributed by atoms with Gasteiger partial charge in [-0.25, -0.2) is 15.0 Å². The Hall–Kier alpha value is -5.76. The molecule has 5 heterocycles. The molecule has 0 atom stereocenters. The van der Waals surface area contributed by atoms with Crippen LogP contribution in [0.15, 0.2) is 79.5 Å². The number of amides is 1. The summed E-state index contributed by atoms with van der Waals surface area (Å²) in [5, 5.41) is 15.1. The van der Waals surface area contributed by atoms with E-state index in [1.165, 1.54) is 6.20 Å². The Bertz CT molecular complexity index is 1680. The topological polar surface area (TPSA) is 151 Å². The van der Waals surface area contributed by atoms with Crippen LogP contribution < -0.4 is 15.4 Å². The van der Waals surface area contributed by atoms with Gasteiger partial charge in [-0.2, -0.15) is 5.26 Å². The third-order valence-electron chi connectivity index (χ3n) is 5.77. The lowest BCUT2D eigenvalue weighted by molar-refractivity contribution is 0.0946. The molecule has 0 aromatic carbocycles. The molecule has 0 saturated carbocycles. The molecule has 0 aliphatic carbocycles. The SMILES string of the molecule is COc1ccc(-c2ccc(CNC(=O)c3ccc(-c4nc(C)cc(Nc5cncc(C#N)c5)n4)cn3)cn2)cn1. The van der Waals surface area contributed by atoms with E-state index < -0.39 is 0 Å². The molecule has 40 heavy (non-hydrogen) atoms. The molecule has 0 aliphatic rings. The van der Waals surface area contributed by atoms with E-state index >= 15 is 0 Å². The van der Waals surface area contributed by atoms with Gasteiger partial charge in [0, 0.05) is 60.3 Å². The molecular formula is C29H23N9O2. The van der Waals surface area contributed by atoms with Crippen molar-refractivity contribution in [2.75, 3.05) is 12.4 Å². The van der Waals surface area contributed by atoms with E-state index in [1.54, 1.807) is 62.2 Å². The van der Waals surface area contributed by atoms with Gasteiger partial charge in [0.15, 0.2) is 5.82 Å². The number of methoxy groups -OCH3 is 1. The van der Waals surface area contributed by atoms with Gasteiger partial charge in [0.05, 0.1) is 30.3 Å². The van der Waals surface area contributed by atoms with Crippen LogP contribution in [0.1, 0.15) is 27.3 Å². The smallest absolute Gasteiger partial charge is 0.270 e. The van der Waals surface area contributed by atoms with E-state index in [9.17, 15) is 4.79 Å². The predicted molar refractivity (Wildman–Crippen MR) is 147 cm³/mol. The van der Waals surface area contributed by atoms with Crippen LogP contribution in [0.25, 0.3) is 22.6 Å². The summed E-state index contributed by atoms with van der Waals surface area (Å²) in [6.45, 7) is 2.15. The molecule has 5 aromatic heterocycles. The van der Waals surface area contributed by atoms with Gasteiger partial charge in [-0.15, -0.1) is 0 Å². The molecule has 11 nitrogen and oxygen atoms in total. The van der Waals surface area contributed by atoms with Crippen LogP contribution in [-0.4, -0.2) is 42.9 Å². The molecule has 0 saturated heterocycles. The molecule has 1 amide bonds. The fraction of sp³-hybridized carbons (Fsp3) is 0.103. The second-order valence-electron chi connectivity index (χ2n) is 8.67. The van der Waals surface area contributed by atoms with Crippen molar-refractivity contribution < 1.29 is 9.53 Å². The zero-order chi connectivity index (χ0) is 27.9. The van der Waals surface area contributed by atoms with Crippen molar-refractivity contribution >= 4 is 17.4 Å². The maximum atomic E-state index is 12.7. The average molecular weight is 530 g/mol.